The molecular weight excluding hydrogens is 112 g/mol. The first-order chi connectivity index (χ1) is 4.13. The fourth-order valence-electron chi connectivity index (χ4n) is 0.820. The van der Waals surface area contributed by atoms with Gasteiger partial charge in [0.1, 0.15) is 0 Å². The van der Waals surface area contributed by atoms with Gasteiger partial charge in [-0.05, 0) is 0 Å². The van der Waals surface area contributed by atoms with Crippen molar-refractivity contribution in [2.24, 2.45) is 5.41 Å². The Labute approximate surface area is 55.7 Å². The second-order valence-corrected chi connectivity index (χ2v) is 3.01. The highest BCUT2D eigenvalue weighted by atomic mass is 16.3. The zero-order valence-electron chi connectivity index (χ0n) is 5.83. The van der Waals surface area contributed by atoms with Crippen molar-refractivity contribution >= 4 is 0 Å². The molecule has 0 saturated carbocycles. The molecule has 0 aromatic heterocycles. The molecule has 1 nitrogen and oxygen atoms in total. The average molecular weight is 124 g/mol. The van der Waals surface area contributed by atoms with Crippen LogP contribution in [0.1, 0.15) is 13.8 Å². The Morgan fingerprint density at radius 3 is 2.33 bits per heavy atom. The van der Waals surface area contributed by atoms with Crippen LogP contribution in [0.25, 0.3) is 0 Å². The zero-order chi connectivity index (χ0) is 6.91. The van der Waals surface area contributed by atoms with Gasteiger partial charge in [0, 0.05) is 5.41 Å². The van der Waals surface area contributed by atoms with E-state index in [-0.39, 0.29) is 11.5 Å². The van der Waals surface area contributed by atoms with Crippen LogP contribution in [0.15, 0.2) is 24.3 Å². The number of allylic oxidation sites excluding steroid dienone is 2. The summed E-state index contributed by atoms with van der Waals surface area (Å²) in [4.78, 5) is 0. The first kappa shape index (κ1) is 6.56. The van der Waals surface area contributed by atoms with E-state index in [1.54, 1.807) is 6.08 Å². The molecule has 0 fully saturated rings. The topological polar surface area (TPSA) is 20.2 Å². The minimum atomic E-state index is -0.317. The summed E-state index contributed by atoms with van der Waals surface area (Å²) < 4.78 is 0. The molecule has 9 heavy (non-hydrogen) atoms. The Hall–Kier alpha value is -0.560. The summed E-state index contributed by atoms with van der Waals surface area (Å²) in [5, 5.41) is 9.30. The minimum absolute atomic E-state index is 0.0747. The first-order valence-corrected chi connectivity index (χ1v) is 3.17. The molecule has 50 valence electrons. The van der Waals surface area contributed by atoms with Gasteiger partial charge in [0.2, 0.25) is 0 Å². The van der Waals surface area contributed by atoms with Gasteiger partial charge in [-0.1, -0.05) is 38.2 Å². The Kier molecular flexibility index (Phi) is 1.45. The van der Waals surface area contributed by atoms with E-state index in [1.165, 1.54) is 0 Å². The third kappa shape index (κ3) is 1.22. The third-order valence-corrected chi connectivity index (χ3v) is 1.69. The van der Waals surface area contributed by atoms with Gasteiger partial charge in [0.05, 0.1) is 6.10 Å². The van der Waals surface area contributed by atoms with Crippen LogP contribution in [0.2, 0.25) is 0 Å². The maximum Gasteiger partial charge on any atom is 0.0809 e. The van der Waals surface area contributed by atoms with Crippen LogP contribution in [0.5, 0.6) is 0 Å². The molecule has 1 heteroatoms. The maximum absolute atomic E-state index is 9.30. The monoisotopic (exact) mass is 124 g/mol. The van der Waals surface area contributed by atoms with Crippen molar-refractivity contribution < 1.29 is 5.11 Å². The lowest BCUT2D eigenvalue weighted by molar-refractivity contribution is 0.124. The number of aliphatic hydroxyl groups is 1. The van der Waals surface area contributed by atoms with E-state index in [0.29, 0.717) is 0 Å². The van der Waals surface area contributed by atoms with Crippen molar-refractivity contribution in [2.75, 3.05) is 0 Å². The summed E-state index contributed by atoms with van der Waals surface area (Å²) >= 11 is 0. The molecule has 1 atom stereocenters. The smallest absolute Gasteiger partial charge is 0.0809 e. The fourth-order valence-corrected chi connectivity index (χ4v) is 0.820. The average Bonchev–Trinajstić information content (AvgIpc) is 1.77. The molecular formula is C8H12O. The molecule has 0 aromatic carbocycles. The number of aliphatic hydroxyl groups excluding tert-OH is 1. The second-order valence-electron chi connectivity index (χ2n) is 3.01. The lowest BCUT2D eigenvalue weighted by Gasteiger charge is -2.26. The Balaban J connectivity index is 2.78. The van der Waals surface area contributed by atoms with E-state index in [2.05, 4.69) is 0 Å². The third-order valence-electron chi connectivity index (χ3n) is 1.69. The summed E-state index contributed by atoms with van der Waals surface area (Å²) in [6.45, 7) is 4.02. The van der Waals surface area contributed by atoms with E-state index in [4.69, 9.17) is 0 Å². The van der Waals surface area contributed by atoms with Crippen LogP contribution in [0, 0.1) is 5.41 Å². The molecule has 0 saturated heterocycles. The van der Waals surface area contributed by atoms with Crippen molar-refractivity contribution in [2.45, 2.75) is 20.0 Å². The quantitative estimate of drug-likeness (QED) is 0.519. The van der Waals surface area contributed by atoms with Crippen molar-refractivity contribution in [3.8, 4) is 0 Å². The van der Waals surface area contributed by atoms with Gasteiger partial charge >= 0.3 is 0 Å². The fraction of sp³-hybridized carbons (Fsp3) is 0.500. The van der Waals surface area contributed by atoms with Crippen LogP contribution in [0.3, 0.4) is 0 Å². The molecule has 0 radical (unpaired) electrons. The number of hydrogen-bond acceptors (Lipinski definition) is 1. The number of hydrogen-bond donors (Lipinski definition) is 1. The molecule has 0 amide bonds. The normalized spacial score (nSPS) is 30.8. The summed E-state index contributed by atoms with van der Waals surface area (Å²) in [5.74, 6) is 0. The summed E-state index contributed by atoms with van der Waals surface area (Å²) in [5.41, 5.74) is -0.0747. The van der Waals surface area contributed by atoms with Crippen LogP contribution < -0.4 is 0 Å². The molecule has 0 aliphatic heterocycles. The molecule has 0 heterocycles. The van der Waals surface area contributed by atoms with Gasteiger partial charge in [-0.2, -0.15) is 0 Å². The number of rotatable bonds is 0. The lowest BCUT2D eigenvalue weighted by atomic mass is 9.83. The Morgan fingerprint density at radius 2 is 2.00 bits per heavy atom. The summed E-state index contributed by atoms with van der Waals surface area (Å²) in [7, 11) is 0. The molecule has 1 N–H and O–H groups in total. The highest BCUT2D eigenvalue weighted by Gasteiger charge is 2.23. The van der Waals surface area contributed by atoms with Crippen LogP contribution >= 0.6 is 0 Å². The van der Waals surface area contributed by atoms with E-state index in [1.807, 2.05) is 32.1 Å². The summed E-state index contributed by atoms with van der Waals surface area (Å²) in [6.07, 6.45) is 7.34. The summed E-state index contributed by atoms with van der Waals surface area (Å²) in [6, 6.07) is 0. The van der Waals surface area contributed by atoms with E-state index >= 15 is 0 Å². The largest absolute Gasteiger partial charge is 0.388 e. The molecule has 0 bridgehead atoms. The highest BCUT2D eigenvalue weighted by Crippen LogP contribution is 2.25. The first-order valence-electron chi connectivity index (χ1n) is 3.17. The Morgan fingerprint density at radius 1 is 1.33 bits per heavy atom. The van der Waals surface area contributed by atoms with Gasteiger partial charge in [-0.15, -0.1) is 0 Å². The predicted octanol–water partition coefficient (Wildman–Crippen LogP) is 1.50. The second kappa shape index (κ2) is 1.99. The standard InChI is InChI=1S/C8H12O/c1-8(2)6-4-3-5-7(8)9/h3-7,9H,1-2H3. The van der Waals surface area contributed by atoms with Gasteiger partial charge in [0.25, 0.3) is 0 Å². The van der Waals surface area contributed by atoms with Gasteiger partial charge in [0.15, 0.2) is 0 Å². The van der Waals surface area contributed by atoms with Crippen LogP contribution in [-0.2, 0) is 0 Å². The SMILES string of the molecule is CC1(C)C=CC=CC1O. The minimum Gasteiger partial charge on any atom is -0.388 e. The van der Waals surface area contributed by atoms with Gasteiger partial charge in [-0.25, -0.2) is 0 Å². The van der Waals surface area contributed by atoms with Crippen molar-refractivity contribution in [1.82, 2.24) is 0 Å². The maximum atomic E-state index is 9.30. The van der Waals surface area contributed by atoms with Crippen LogP contribution in [-0.4, -0.2) is 11.2 Å². The van der Waals surface area contributed by atoms with E-state index in [9.17, 15) is 5.11 Å². The lowest BCUT2D eigenvalue weighted by Crippen LogP contribution is -2.26. The van der Waals surface area contributed by atoms with Crippen molar-refractivity contribution in [3.05, 3.63) is 24.3 Å². The van der Waals surface area contributed by atoms with E-state index in [0.717, 1.165) is 0 Å². The van der Waals surface area contributed by atoms with Crippen LogP contribution in [0.4, 0.5) is 0 Å². The predicted molar refractivity (Wildman–Crippen MR) is 38.1 cm³/mol. The van der Waals surface area contributed by atoms with Crippen molar-refractivity contribution in [3.63, 3.8) is 0 Å². The molecule has 0 spiro atoms. The molecule has 0 aromatic rings. The molecule has 1 aliphatic rings. The zero-order valence-corrected chi connectivity index (χ0v) is 5.83. The molecule has 1 aliphatic carbocycles. The molecule has 1 unspecified atom stereocenters. The highest BCUT2D eigenvalue weighted by molar-refractivity contribution is 5.18. The van der Waals surface area contributed by atoms with Crippen molar-refractivity contribution in [1.29, 1.82) is 0 Å². The molecule has 1 rings (SSSR count). The van der Waals surface area contributed by atoms with E-state index < -0.39 is 0 Å². The Bertz CT molecular complexity index is 154. The van der Waals surface area contributed by atoms with Gasteiger partial charge < -0.3 is 5.11 Å². The van der Waals surface area contributed by atoms with Gasteiger partial charge in [-0.3, -0.25) is 0 Å².